The van der Waals surface area contributed by atoms with Gasteiger partial charge >= 0.3 is 5.97 Å². The van der Waals surface area contributed by atoms with Gasteiger partial charge in [-0.3, -0.25) is 52.8 Å². The van der Waals surface area contributed by atoms with Gasteiger partial charge in [-0.2, -0.15) is 0 Å². The van der Waals surface area contributed by atoms with E-state index in [4.69, 9.17) is 19.2 Å². The number of rotatable bonds is 32. The molecule has 4 aromatic rings. The first-order valence-corrected chi connectivity index (χ1v) is 32.2. The number of benzene rings is 2. The second kappa shape index (κ2) is 32.2. The molecule has 4 aliphatic heterocycles. The number of aliphatic hydroxyl groups excluding tert-OH is 4. The molecule has 0 saturated carbocycles. The van der Waals surface area contributed by atoms with E-state index in [1.807, 2.05) is 0 Å². The monoisotopic (exact) mass is 1340 g/mol. The third-order valence-corrected chi connectivity index (χ3v) is 18.2. The molecule has 9 amide bonds. The largest absolute Gasteiger partial charge is 0.458 e. The summed E-state index contributed by atoms with van der Waals surface area (Å²) in [5, 5.41) is 69.8. The first-order valence-electron chi connectivity index (χ1n) is 32.2. The van der Waals surface area contributed by atoms with Crippen LogP contribution < -0.4 is 42.8 Å². The van der Waals surface area contributed by atoms with E-state index in [0.717, 1.165) is 39.1 Å². The summed E-state index contributed by atoms with van der Waals surface area (Å²) in [5.74, 6) is -7.23. The number of hydrogen-bond acceptors (Lipinski definition) is 20. The molecular weight excluding hydrogens is 1260 g/mol. The van der Waals surface area contributed by atoms with Crippen molar-refractivity contribution in [1.29, 1.82) is 0 Å². The molecule has 2 aromatic heterocycles. The number of hydrogen-bond donors (Lipinski definition) is 12. The van der Waals surface area contributed by atoms with E-state index in [0.29, 0.717) is 79.4 Å². The fraction of sp³-hybridized carbons (Fsp3) is 0.515. The minimum absolute atomic E-state index is 0.0109. The number of pyridine rings is 2. The van der Waals surface area contributed by atoms with Gasteiger partial charge < -0.3 is 81.5 Å². The normalized spacial score (nSPS) is 21.3. The summed E-state index contributed by atoms with van der Waals surface area (Å²) in [7, 11) is 0. The van der Waals surface area contributed by atoms with Crippen molar-refractivity contribution in [3.63, 3.8) is 0 Å². The lowest BCUT2D eigenvalue weighted by atomic mass is 9.76. The summed E-state index contributed by atoms with van der Waals surface area (Å²) in [6.45, 7) is 0.635. The van der Waals surface area contributed by atoms with E-state index in [-0.39, 0.29) is 94.5 Å². The van der Waals surface area contributed by atoms with Crippen LogP contribution in [0.5, 0.6) is 0 Å². The lowest BCUT2D eigenvalue weighted by molar-refractivity contribution is -0.227. The van der Waals surface area contributed by atoms with Crippen molar-refractivity contribution in [2.75, 3.05) is 52.7 Å². The molecule has 29 nitrogen and oxygen atoms in total. The fourth-order valence-electron chi connectivity index (χ4n) is 12.8. The number of esters is 1. The Hall–Kier alpha value is -8.91. The Morgan fingerprint density at radius 1 is 0.760 bits per heavy atom. The van der Waals surface area contributed by atoms with Crippen LogP contribution in [0.4, 0.5) is 4.39 Å². The lowest BCUT2D eigenvalue weighted by Crippen LogP contribution is -2.60. The number of carbonyl (C=O) groups excluding carboxylic acids is 10. The maximum atomic E-state index is 15.5. The first kappa shape index (κ1) is 71.4. The Bertz CT molecular complexity index is 3720. The number of aromatic nitrogens is 2. The number of halogens is 1. The minimum Gasteiger partial charge on any atom is -0.458 e. The summed E-state index contributed by atoms with van der Waals surface area (Å²) >= 11 is 0. The number of amides is 9. The molecule has 1 fully saturated rings. The van der Waals surface area contributed by atoms with Crippen LogP contribution in [0.15, 0.2) is 59.4 Å². The van der Waals surface area contributed by atoms with Crippen molar-refractivity contribution in [2.24, 2.45) is 0 Å². The van der Waals surface area contributed by atoms with Gasteiger partial charge in [-0.1, -0.05) is 50.1 Å². The highest BCUT2D eigenvalue weighted by Crippen LogP contribution is 2.48. The standard InChI is InChI=1S/C66H81FN10O19/c1-3-66(93)41-25-46-58-39(31-77(46)64(91)40(41)33-95-65(66)92)56-37(16-17-38-35(2)42(67)26-44(75-58)57(38)56)14-9-11-23-94-34-72-52(82)29-71-63(90)45(24-36-12-6-4-7-13-36)74-53(83)30-69-51(81)28-70-62(89)43(73-50(80)15-8-5-10-22-76-54(84)20-21-55(76)85)18-19-49(79)68-27-47-59(86)61(88)60(87)48(32-78)96-47/h4,6-7,12-13,20-21,25-26,37,43,45,47-48,59-61,78,86-88,93H,3,5,8-11,14-19,22-24,27-34H2,1-2H3,(H,68,79)(H,69,81)(H,70,89)(H,71,90)(H,72,82)(H,73,80)(H,74,83)/t37?,43-,45-,47-,48+,59-,60+,61+,66-/m0/s1. The minimum atomic E-state index is -2.01. The molecule has 0 spiro atoms. The Balaban J connectivity index is 0.719. The lowest BCUT2D eigenvalue weighted by Gasteiger charge is -2.40. The zero-order valence-electron chi connectivity index (χ0n) is 53.2. The zero-order chi connectivity index (χ0) is 69.0. The average Bonchev–Trinajstić information content (AvgIpc) is 1.49. The molecule has 12 N–H and O–H groups in total. The van der Waals surface area contributed by atoms with Gasteiger partial charge in [0.1, 0.15) is 61.8 Å². The molecule has 516 valence electrons. The molecule has 1 unspecified atom stereocenters. The van der Waals surface area contributed by atoms with Crippen LogP contribution in [-0.2, 0) is 93.8 Å². The highest BCUT2D eigenvalue weighted by atomic mass is 19.1. The Morgan fingerprint density at radius 2 is 1.45 bits per heavy atom. The highest BCUT2D eigenvalue weighted by molar-refractivity contribution is 6.12. The van der Waals surface area contributed by atoms with Gasteiger partial charge in [0, 0.05) is 73.7 Å². The quantitative estimate of drug-likeness (QED) is 0.0102. The van der Waals surface area contributed by atoms with Crippen LogP contribution >= 0.6 is 0 Å². The molecular formula is C66H81FN10O19. The molecule has 6 heterocycles. The van der Waals surface area contributed by atoms with E-state index >= 15 is 4.39 Å². The third-order valence-electron chi connectivity index (χ3n) is 18.2. The third kappa shape index (κ3) is 16.7. The van der Waals surface area contributed by atoms with Gasteiger partial charge in [-0.05, 0) is 92.5 Å². The Kier molecular flexibility index (Phi) is 24.0. The molecule has 2 aromatic carbocycles. The highest BCUT2D eigenvalue weighted by Gasteiger charge is 2.47. The van der Waals surface area contributed by atoms with Crippen molar-refractivity contribution < 1.29 is 92.1 Å². The Labute approximate surface area is 550 Å². The molecule has 9 rings (SSSR count). The van der Waals surface area contributed by atoms with Crippen LogP contribution in [0.2, 0.25) is 0 Å². The van der Waals surface area contributed by atoms with Crippen LogP contribution in [0, 0.1) is 12.7 Å². The molecule has 30 heteroatoms. The van der Waals surface area contributed by atoms with Crippen LogP contribution in [0.25, 0.3) is 22.3 Å². The number of ether oxygens (including phenoxy) is 3. The fourth-order valence-corrected chi connectivity index (χ4v) is 12.8. The van der Waals surface area contributed by atoms with Gasteiger partial charge in [0.05, 0.1) is 55.3 Å². The first-order chi connectivity index (χ1) is 46.0. The average molecular weight is 1340 g/mol. The smallest absolute Gasteiger partial charge is 0.343 e. The number of unbranched alkanes of at least 4 members (excludes halogenated alkanes) is 3. The zero-order valence-corrected chi connectivity index (χ0v) is 53.2. The number of imide groups is 1. The summed E-state index contributed by atoms with van der Waals surface area (Å²) in [5.41, 5.74) is 3.27. The van der Waals surface area contributed by atoms with Crippen molar-refractivity contribution in [3.8, 4) is 11.4 Å². The summed E-state index contributed by atoms with van der Waals surface area (Å²) in [4.78, 5) is 149. The predicted octanol–water partition coefficient (Wildman–Crippen LogP) is -1.40. The number of nitrogens with zero attached hydrogens (tertiary/aromatic N) is 3. The van der Waals surface area contributed by atoms with E-state index in [1.165, 1.54) is 6.07 Å². The molecule has 0 radical (unpaired) electrons. The van der Waals surface area contributed by atoms with Crippen LogP contribution in [0.3, 0.4) is 0 Å². The molecule has 5 aliphatic rings. The van der Waals surface area contributed by atoms with E-state index in [2.05, 4.69) is 37.2 Å². The SMILES string of the molecule is CC[C@@]1(O)C(=O)OCc2c1cc1n(c2=O)Cc2c-1nc1cc(F)c(C)c3c1c2C(CCCCOCNC(=O)CNC(=O)[C@H](Cc1ccccc1)NC(=O)CNC(=O)CNC(=O)[C@H](CCC(=O)NC[C@@H]1O[C@H](CO)[C@@H](O)[C@H](O)[C@H]1O)NC(=O)CCCCCN1C(=O)C=CC1=O)CC3. The molecule has 96 heavy (non-hydrogen) atoms. The number of cyclic esters (lactones) is 1. The molecule has 1 saturated heterocycles. The van der Waals surface area contributed by atoms with Crippen molar-refractivity contribution in [2.45, 2.75) is 165 Å². The topological polar surface area (TPSA) is 422 Å². The van der Waals surface area contributed by atoms with E-state index < -0.39 is 139 Å². The van der Waals surface area contributed by atoms with Crippen molar-refractivity contribution in [3.05, 3.63) is 110 Å². The summed E-state index contributed by atoms with van der Waals surface area (Å²) in [6, 6.07) is 9.12. The second-order valence-corrected chi connectivity index (χ2v) is 24.5. The molecule has 1 aliphatic carbocycles. The van der Waals surface area contributed by atoms with Gasteiger partial charge in [-0.25, -0.2) is 14.2 Å². The van der Waals surface area contributed by atoms with Gasteiger partial charge in [-0.15, -0.1) is 0 Å². The van der Waals surface area contributed by atoms with Crippen molar-refractivity contribution in [1.82, 2.24) is 51.7 Å². The molecule has 0 bridgehead atoms. The number of nitrogens with one attached hydrogen (secondary N) is 7. The molecule has 9 atom stereocenters. The maximum absolute atomic E-state index is 15.5. The maximum Gasteiger partial charge on any atom is 0.343 e. The van der Waals surface area contributed by atoms with Crippen molar-refractivity contribution >= 4 is 70.0 Å². The predicted molar refractivity (Wildman–Crippen MR) is 336 cm³/mol. The summed E-state index contributed by atoms with van der Waals surface area (Å²) in [6.07, 6.45) is -1.38. The van der Waals surface area contributed by atoms with Crippen LogP contribution in [-0.4, -0.2) is 194 Å². The second-order valence-electron chi connectivity index (χ2n) is 24.5. The number of aryl methyl sites for hydroxylation is 1. The van der Waals surface area contributed by atoms with Gasteiger partial charge in [0.25, 0.3) is 17.4 Å². The van der Waals surface area contributed by atoms with Crippen LogP contribution in [0.1, 0.15) is 122 Å². The summed E-state index contributed by atoms with van der Waals surface area (Å²) < 4.78 is 33.5. The van der Waals surface area contributed by atoms with Gasteiger partial charge in [0.2, 0.25) is 41.4 Å². The number of carbonyl (C=O) groups is 10. The van der Waals surface area contributed by atoms with E-state index in [9.17, 15) is 78.3 Å². The Morgan fingerprint density at radius 3 is 2.17 bits per heavy atom. The number of aliphatic hydroxyl groups is 5. The van der Waals surface area contributed by atoms with Gasteiger partial charge in [0.15, 0.2) is 5.60 Å². The number of fused-ring (bicyclic) bond motifs is 5. The van der Waals surface area contributed by atoms with E-state index in [1.54, 1.807) is 54.8 Å².